The molecule has 0 bridgehead atoms. The van der Waals surface area contributed by atoms with Crippen LogP contribution in [0.15, 0.2) is 10.9 Å². The number of nitrogens with zero attached hydrogens (tertiary/aromatic N) is 1. The highest BCUT2D eigenvalue weighted by molar-refractivity contribution is 7.07. The summed E-state index contributed by atoms with van der Waals surface area (Å²) in [5.74, 6) is 0.683. The molecule has 1 saturated carbocycles. The first-order valence-corrected chi connectivity index (χ1v) is 8.53. The molecule has 1 N–H and O–H groups in total. The molecule has 1 aliphatic heterocycles. The molecule has 0 aromatic carbocycles. The van der Waals surface area contributed by atoms with Crippen molar-refractivity contribution >= 4 is 11.3 Å². The van der Waals surface area contributed by atoms with Crippen molar-refractivity contribution in [1.29, 1.82) is 0 Å². The lowest BCUT2D eigenvalue weighted by Crippen LogP contribution is -2.48. The van der Waals surface area contributed by atoms with Crippen molar-refractivity contribution in [2.24, 2.45) is 5.92 Å². The van der Waals surface area contributed by atoms with Gasteiger partial charge in [-0.15, -0.1) is 11.3 Å². The Bertz CT molecular complexity index is 389. The van der Waals surface area contributed by atoms with E-state index in [1.807, 2.05) is 5.51 Å². The zero-order valence-electron chi connectivity index (χ0n) is 11.7. The van der Waals surface area contributed by atoms with Crippen LogP contribution in [-0.2, 0) is 4.74 Å². The van der Waals surface area contributed by atoms with E-state index in [-0.39, 0.29) is 5.60 Å². The first kappa shape index (κ1) is 13.5. The molecule has 2 aliphatic rings. The van der Waals surface area contributed by atoms with E-state index in [2.05, 4.69) is 22.6 Å². The second-order valence-electron chi connectivity index (χ2n) is 5.98. The highest BCUT2D eigenvalue weighted by Gasteiger charge is 2.44. The lowest BCUT2D eigenvalue weighted by atomic mass is 9.70. The van der Waals surface area contributed by atoms with Crippen LogP contribution in [0.4, 0.5) is 0 Å². The minimum Gasteiger partial charge on any atom is -0.375 e. The number of hydrogen-bond donors (Lipinski definition) is 1. The fourth-order valence-corrected chi connectivity index (χ4v) is 4.05. The molecule has 19 heavy (non-hydrogen) atoms. The summed E-state index contributed by atoms with van der Waals surface area (Å²) in [5.41, 5.74) is 3.42. The van der Waals surface area contributed by atoms with E-state index in [1.54, 1.807) is 11.3 Å². The summed E-state index contributed by atoms with van der Waals surface area (Å²) in [6.45, 7) is 4.23. The maximum atomic E-state index is 6.06. The highest BCUT2D eigenvalue weighted by Crippen LogP contribution is 2.47. The van der Waals surface area contributed by atoms with Crippen molar-refractivity contribution in [2.45, 2.75) is 57.1 Å². The molecule has 106 valence electrons. The smallest absolute Gasteiger partial charge is 0.0795 e. The van der Waals surface area contributed by atoms with Crippen molar-refractivity contribution in [1.82, 2.24) is 10.3 Å². The largest absolute Gasteiger partial charge is 0.375 e. The van der Waals surface area contributed by atoms with Gasteiger partial charge in [0, 0.05) is 12.0 Å². The maximum Gasteiger partial charge on any atom is 0.0795 e. The van der Waals surface area contributed by atoms with Gasteiger partial charge in [0.15, 0.2) is 0 Å². The molecular formula is C15H24N2OS. The third-order valence-electron chi connectivity index (χ3n) is 4.65. The number of thiazole rings is 1. The molecule has 3 rings (SSSR count). The summed E-state index contributed by atoms with van der Waals surface area (Å²) < 4.78 is 6.06. The lowest BCUT2D eigenvalue weighted by Gasteiger charge is -2.48. The molecule has 2 fully saturated rings. The van der Waals surface area contributed by atoms with E-state index in [0.29, 0.717) is 12.0 Å². The molecule has 4 heteroatoms. The van der Waals surface area contributed by atoms with E-state index < -0.39 is 0 Å². The van der Waals surface area contributed by atoms with Crippen molar-refractivity contribution < 1.29 is 4.74 Å². The molecule has 1 aliphatic carbocycles. The van der Waals surface area contributed by atoms with Crippen LogP contribution in [0, 0.1) is 5.92 Å². The Labute approximate surface area is 119 Å². The Morgan fingerprint density at radius 1 is 1.58 bits per heavy atom. The number of rotatable bonds is 5. The standard InChI is InChI=1S/C15H24N2OS/c1-2-7-16-14(13-10-19-11-17-13)12-4-8-18-15(9-12)5-3-6-15/h10-12,14,16H,2-9H2,1H3. The Kier molecular flexibility index (Phi) is 4.20. The van der Waals surface area contributed by atoms with Gasteiger partial charge in [-0.1, -0.05) is 6.92 Å². The molecule has 1 spiro atoms. The zero-order chi connectivity index (χ0) is 13.1. The molecule has 1 aromatic rings. The molecule has 1 aromatic heterocycles. The molecule has 2 atom stereocenters. The Morgan fingerprint density at radius 3 is 3.11 bits per heavy atom. The second-order valence-corrected chi connectivity index (χ2v) is 6.70. The van der Waals surface area contributed by atoms with E-state index in [4.69, 9.17) is 4.74 Å². The van der Waals surface area contributed by atoms with Crippen LogP contribution < -0.4 is 5.32 Å². The van der Waals surface area contributed by atoms with E-state index in [9.17, 15) is 0 Å². The van der Waals surface area contributed by atoms with Gasteiger partial charge in [0.1, 0.15) is 0 Å². The van der Waals surface area contributed by atoms with Gasteiger partial charge in [-0.05, 0) is 51.0 Å². The fraction of sp³-hybridized carbons (Fsp3) is 0.800. The van der Waals surface area contributed by atoms with Gasteiger partial charge >= 0.3 is 0 Å². The van der Waals surface area contributed by atoms with E-state index >= 15 is 0 Å². The Morgan fingerprint density at radius 2 is 2.47 bits per heavy atom. The molecule has 1 saturated heterocycles. The Balaban J connectivity index is 1.71. The van der Waals surface area contributed by atoms with Crippen molar-refractivity contribution in [3.05, 3.63) is 16.6 Å². The van der Waals surface area contributed by atoms with Gasteiger partial charge < -0.3 is 10.1 Å². The lowest BCUT2D eigenvalue weighted by molar-refractivity contribution is -0.147. The zero-order valence-corrected chi connectivity index (χ0v) is 12.5. The van der Waals surface area contributed by atoms with Gasteiger partial charge in [0.05, 0.1) is 22.8 Å². The summed E-state index contributed by atoms with van der Waals surface area (Å²) in [6, 6.07) is 0.424. The van der Waals surface area contributed by atoms with Gasteiger partial charge in [-0.2, -0.15) is 0 Å². The van der Waals surface area contributed by atoms with Crippen LogP contribution in [0.5, 0.6) is 0 Å². The summed E-state index contributed by atoms with van der Waals surface area (Å²) in [6.07, 6.45) is 7.43. The van der Waals surface area contributed by atoms with E-state index in [1.165, 1.54) is 44.2 Å². The quantitative estimate of drug-likeness (QED) is 0.896. The van der Waals surface area contributed by atoms with Crippen LogP contribution in [-0.4, -0.2) is 23.7 Å². The average Bonchev–Trinajstić information content (AvgIpc) is 2.92. The molecule has 0 radical (unpaired) electrons. The van der Waals surface area contributed by atoms with Crippen LogP contribution in [0.25, 0.3) is 0 Å². The van der Waals surface area contributed by atoms with Gasteiger partial charge in [-0.3, -0.25) is 0 Å². The van der Waals surface area contributed by atoms with Gasteiger partial charge in [0.25, 0.3) is 0 Å². The topological polar surface area (TPSA) is 34.2 Å². The summed E-state index contributed by atoms with van der Waals surface area (Å²) >= 11 is 1.70. The predicted molar refractivity (Wildman–Crippen MR) is 78.4 cm³/mol. The normalized spacial score (nSPS) is 27.1. The first-order chi connectivity index (χ1) is 9.33. The SMILES string of the molecule is CCCNC(c1cscn1)C1CCOC2(CCC2)C1. The first-order valence-electron chi connectivity index (χ1n) is 7.58. The third kappa shape index (κ3) is 2.86. The molecule has 0 amide bonds. The maximum absolute atomic E-state index is 6.06. The summed E-state index contributed by atoms with van der Waals surface area (Å²) in [5, 5.41) is 5.92. The van der Waals surface area contributed by atoms with Crippen LogP contribution >= 0.6 is 11.3 Å². The summed E-state index contributed by atoms with van der Waals surface area (Å²) in [4.78, 5) is 4.55. The minimum absolute atomic E-state index is 0.227. The number of nitrogens with one attached hydrogen (secondary N) is 1. The van der Waals surface area contributed by atoms with E-state index in [0.717, 1.165) is 13.2 Å². The van der Waals surface area contributed by atoms with Gasteiger partial charge in [-0.25, -0.2) is 4.98 Å². The second kappa shape index (κ2) is 5.90. The third-order valence-corrected chi connectivity index (χ3v) is 5.26. The number of hydrogen-bond acceptors (Lipinski definition) is 4. The fourth-order valence-electron chi connectivity index (χ4n) is 3.46. The number of aromatic nitrogens is 1. The van der Waals surface area contributed by atoms with Crippen LogP contribution in [0.2, 0.25) is 0 Å². The number of ether oxygens (including phenoxy) is 1. The van der Waals surface area contributed by atoms with Crippen LogP contribution in [0.1, 0.15) is 57.2 Å². The highest BCUT2D eigenvalue weighted by atomic mass is 32.1. The summed E-state index contributed by atoms with van der Waals surface area (Å²) in [7, 11) is 0. The molecule has 2 heterocycles. The van der Waals surface area contributed by atoms with Crippen LogP contribution in [0.3, 0.4) is 0 Å². The molecular weight excluding hydrogens is 256 g/mol. The average molecular weight is 280 g/mol. The van der Waals surface area contributed by atoms with Crippen molar-refractivity contribution in [3.8, 4) is 0 Å². The minimum atomic E-state index is 0.227. The van der Waals surface area contributed by atoms with Crippen molar-refractivity contribution in [3.63, 3.8) is 0 Å². The Hall–Kier alpha value is -0.450. The predicted octanol–water partition coefficient (Wildman–Crippen LogP) is 3.53. The molecule has 2 unspecified atom stereocenters. The van der Waals surface area contributed by atoms with Gasteiger partial charge in [0.2, 0.25) is 0 Å². The van der Waals surface area contributed by atoms with Crippen molar-refractivity contribution in [2.75, 3.05) is 13.2 Å². The monoisotopic (exact) mass is 280 g/mol. The molecule has 3 nitrogen and oxygen atoms in total.